The van der Waals surface area contributed by atoms with Gasteiger partial charge in [0.25, 0.3) is 0 Å². The van der Waals surface area contributed by atoms with E-state index in [0.717, 1.165) is 18.8 Å². The lowest BCUT2D eigenvalue weighted by molar-refractivity contribution is 0.166. The van der Waals surface area contributed by atoms with Crippen molar-refractivity contribution in [2.24, 2.45) is 11.3 Å². The smallest absolute Gasteiger partial charge is 0.170 e. The molecule has 0 unspecified atom stereocenters. The average molecular weight is 343 g/mol. The molecule has 0 radical (unpaired) electrons. The number of hydrogen-bond donors (Lipinski definition) is 2. The van der Waals surface area contributed by atoms with Crippen LogP contribution in [-0.4, -0.2) is 11.2 Å². The molecule has 0 atom stereocenters. The third-order valence-corrected chi connectivity index (χ3v) is 4.97. The van der Waals surface area contributed by atoms with Crippen LogP contribution in [0.25, 0.3) is 0 Å². The highest BCUT2D eigenvalue weighted by atomic mass is 35.5. The Bertz CT molecular complexity index is 534. The van der Waals surface area contributed by atoms with Crippen molar-refractivity contribution in [3.63, 3.8) is 0 Å². The molecule has 1 aliphatic rings. The first kappa shape index (κ1) is 17.5. The van der Waals surface area contributed by atoms with Crippen LogP contribution in [0.15, 0.2) is 18.2 Å². The molecule has 1 aromatic carbocycles. The van der Waals surface area contributed by atoms with E-state index in [4.69, 9.17) is 23.8 Å². The first-order valence-corrected chi connectivity index (χ1v) is 8.57. The third kappa shape index (κ3) is 4.82. The monoisotopic (exact) mass is 342 g/mol. The molecule has 2 rings (SSSR count). The Hall–Kier alpha value is -0.870. The summed E-state index contributed by atoms with van der Waals surface area (Å²) in [4.78, 5) is 0. The molecule has 1 saturated carbocycles. The molecular formula is C17H24ClFN2S. The number of benzene rings is 1. The molecular weight excluding hydrogens is 319 g/mol. The maximum absolute atomic E-state index is 13.1. The van der Waals surface area contributed by atoms with Crippen molar-refractivity contribution in [2.75, 3.05) is 5.32 Å². The van der Waals surface area contributed by atoms with Gasteiger partial charge < -0.3 is 10.6 Å². The van der Waals surface area contributed by atoms with Crippen LogP contribution in [0, 0.1) is 17.2 Å². The summed E-state index contributed by atoms with van der Waals surface area (Å²) in [6.45, 7) is 6.95. The Morgan fingerprint density at radius 3 is 2.41 bits per heavy atom. The molecule has 0 saturated heterocycles. The lowest BCUT2D eigenvalue weighted by atomic mass is 9.71. The molecule has 0 aliphatic heterocycles. The number of nitrogens with one attached hydrogen (secondary N) is 2. The fraction of sp³-hybridized carbons (Fsp3) is 0.588. The normalized spacial score (nSPS) is 22.2. The quantitative estimate of drug-likeness (QED) is 0.706. The van der Waals surface area contributed by atoms with Gasteiger partial charge in [-0.3, -0.25) is 0 Å². The molecule has 1 aromatic rings. The molecule has 2 nitrogen and oxygen atoms in total. The third-order valence-electron chi connectivity index (χ3n) is 4.46. The Morgan fingerprint density at radius 2 is 1.86 bits per heavy atom. The summed E-state index contributed by atoms with van der Waals surface area (Å²) in [6, 6.07) is 4.92. The summed E-state index contributed by atoms with van der Waals surface area (Å²) in [5, 5.41) is 7.09. The van der Waals surface area contributed by atoms with Gasteiger partial charge in [-0.05, 0) is 67.4 Å². The highest BCUT2D eigenvalue weighted by Gasteiger charge is 2.29. The Morgan fingerprint density at radius 1 is 1.23 bits per heavy atom. The van der Waals surface area contributed by atoms with Crippen molar-refractivity contribution in [2.45, 2.75) is 52.5 Å². The van der Waals surface area contributed by atoms with Crippen LogP contribution in [-0.2, 0) is 0 Å². The molecule has 0 amide bonds. The van der Waals surface area contributed by atoms with Gasteiger partial charge in [0.2, 0.25) is 0 Å². The zero-order chi connectivity index (χ0) is 16.3. The van der Waals surface area contributed by atoms with Crippen molar-refractivity contribution in [3.05, 3.63) is 29.0 Å². The zero-order valence-electron chi connectivity index (χ0n) is 13.4. The maximum Gasteiger partial charge on any atom is 0.170 e. The van der Waals surface area contributed by atoms with E-state index >= 15 is 0 Å². The van der Waals surface area contributed by atoms with E-state index < -0.39 is 5.82 Å². The minimum atomic E-state index is -0.424. The largest absolute Gasteiger partial charge is 0.360 e. The molecule has 0 bridgehead atoms. The Labute approximate surface area is 142 Å². The number of rotatable bonds is 2. The standard InChI is InChI=1S/C17H24ClFN2S/c1-17(2,3)11-4-6-12(7-5-11)20-16(22)21-13-8-9-15(19)14(18)10-13/h8-12H,4-7H2,1-3H3,(H2,20,21,22). The number of hydrogen-bond acceptors (Lipinski definition) is 1. The van der Waals surface area contributed by atoms with Gasteiger partial charge in [0.15, 0.2) is 5.11 Å². The summed E-state index contributed by atoms with van der Waals surface area (Å²) in [6.07, 6.45) is 4.72. The van der Waals surface area contributed by atoms with Crippen LogP contribution >= 0.6 is 23.8 Å². The lowest BCUT2D eigenvalue weighted by Crippen LogP contribution is -2.41. The summed E-state index contributed by atoms with van der Waals surface area (Å²) in [5.74, 6) is 0.356. The van der Waals surface area contributed by atoms with Crippen molar-refractivity contribution in [3.8, 4) is 0 Å². The van der Waals surface area contributed by atoms with Crippen molar-refractivity contribution in [1.29, 1.82) is 0 Å². The van der Waals surface area contributed by atoms with E-state index in [1.54, 1.807) is 12.1 Å². The first-order valence-electron chi connectivity index (χ1n) is 7.78. The van der Waals surface area contributed by atoms with Gasteiger partial charge >= 0.3 is 0 Å². The van der Waals surface area contributed by atoms with Crippen molar-refractivity contribution in [1.82, 2.24) is 5.32 Å². The summed E-state index contributed by atoms with van der Waals surface area (Å²) >= 11 is 11.1. The van der Waals surface area contributed by atoms with Gasteiger partial charge in [-0.1, -0.05) is 32.4 Å². The molecule has 1 aliphatic carbocycles. The molecule has 0 spiro atoms. The lowest BCUT2D eigenvalue weighted by Gasteiger charge is -2.37. The molecule has 0 heterocycles. The minimum absolute atomic E-state index is 0.0958. The van der Waals surface area contributed by atoms with E-state index in [-0.39, 0.29) is 5.02 Å². The van der Waals surface area contributed by atoms with Gasteiger partial charge in [0, 0.05) is 11.7 Å². The summed E-state index contributed by atoms with van der Waals surface area (Å²) < 4.78 is 13.1. The topological polar surface area (TPSA) is 24.1 Å². The van der Waals surface area contributed by atoms with Gasteiger partial charge in [-0.25, -0.2) is 4.39 Å². The highest BCUT2D eigenvalue weighted by Crippen LogP contribution is 2.37. The number of anilines is 1. The van der Waals surface area contributed by atoms with E-state index in [2.05, 4.69) is 31.4 Å². The van der Waals surface area contributed by atoms with Gasteiger partial charge in [-0.2, -0.15) is 0 Å². The Balaban J connectivity index is 1.82. The van der Waals surface area contributed by atoms with E-state index in [1.165, 1.54) is 18.9 Å². The second-order valence-corrected chi connectivity index (χ2v) is 7.96. The maximum atomic E-state index is 13.1. The number of thiocarbonyl (C=S) groups is 1. The van der Waals surface area contributed by atoms with E-state index in [0.29, 0.717) is 22.3 Å². The molecule has 2 N–H and O–H groups in total. The van der Waals surface area contributed by atoms with Crippen LogP contribution < -0.4 is 10.6 Å². The molecule has 1 fully saturated rings. The minimum Gasteiger partial charge on any atom is -0.360 e. The van der Waals surface area contributed by atoms with Crippen molar-refractivity contribution < 1.29 is 4.39 Å². The summed E-state index contributed by atoms with van der Waals surface area (Å²) in [5.41, 5.74) is 1.08. The van der Waals surface area contributed by atoms with Gasteiger partial charge in [0.1, 0.15) is 5.82 Å². The van der Waals surface area contributed by atoms with Crippen molar-refractivity contribution >= 4 is 34.6 Å². The van der Waals surface area contributed by atoms with E-state index in [9.17, 15) is 4.39 Å². The summed E-state index contributed by atoms with van der Waals surface area (Å²) in [7, 11) is 0. The first-order chi connectivity index (χ1) is 10.3. The van der Waals surface area contributed by atoms with Gasteiger partial charge in [-0.15, -0.1) is 0 Å². The van der Waals surface area contributed by atoms with Crippen LogP contribution in [0.2, 0.25) is 5.02 Å². The predicted molar refractivity (Wildman–Crippen MR) is 96.0 cm³/mol. The van der Waals surface area contributed by atoms with Crippen LogP contribution in [0.4, 0.5) is 10.1 Å². The SMILES string of the molecule is CC(C)(C)C1CCC(NC(=S)Nc2ccc(F)c(Cl)c2)CC1. The highest BCUT2D eigenvalue weighted by molar-refractivity contribution is 7.80. The molecule has 22 heavy (non-hydrogen) atoms. The fourth-order valence-electron chi connectivity index (χ4n) is 3.03. The molecule has 122 valence electrons. The zero-order valence-corrected chi connectivity index (χ0v) is 15.0. The van der Waals surface area contributed by atoms with E-state index in [1.807, 2.05) is 0 Å². The predicted octanol–water partition coefficient (Wildman–Crippen LogP) is 5.37. The van der Waals surface area contributed by atoms with Gasteiger partial charge in [0.05, 0.1) is 5.02 Å². The van der Waals surface area contributed by atoms with Crippen LogP contribution in [0.1, 0.15) is 46.5 Å². The fourth-order valence-corrected chi connectivity index (χ4v) is 3.50. The Kier molecular flexibility index (Phi) is 5.67. The molecule has 0 aromatic heterocycles. The van der Waals surface area contributed by atoms with Crippen LogP contribution in [0.3, 0.4) is 0 Å². The second kappa shape index (κ2) is 7.14. The number of halogens is 2. The molecule has 5 heteroatoms. The van der Waals surface area contributed by atoms with Crippen LogP contribution in [0.5, 0.6) is 0 Å². The second-order valence-electron chi connectivity index (χ2n) is 7.14. The average Bonchev–Trinajstić information content (AvgIpc) is 2.42.